The maximum Gasteiger partial charge on any atom is 0.266 e. The number of rotatable bonds is 0. The summed E-state index contributed by atoms with van der Waals surface area (Å²) in [7, 11) is 0. The molecule has 1 aliphatic rings. The van der Waals surface area contributed by atoms with Gasteiger partial charge in [-0.25, -0.2) is 4.98 Å². The number of carbonyl (C=O) groups is 1. The van der Waals surface area contributed by atoms with E-state index in [-0.39, 0.29) is 17.2 Å². The van der Waals surface area contributed by atoms with E-state index in [1.54, 1.807) is 30.3 Å². The highest BCUT2D eigenvalue weighted by atomic mass is 35.5. The lowest BCUT2D eigenvalue weighted by Crippen LogP contribution is -2.21. The molecule has 22 heavy (non-hydrogen) atoms. The highest BCUT2D eigenvalue weighted by molar-refractivity contribution is 6.31. The molecule has 0 N–H and O–H groups in total. The molecule has 104 valence electrons. The lowest BCUT2D eigenvalue weighted by Gasteiger charge is -2.05. The number of nitriles is 1. The SMILES string of the molecule is N#Cc1ccc2c(c1)C(=O)c1nc3cc(Cl)ccc3c(=O)n1-2. The fourth-order valence-electron chi connectivity index (χ4n) is 2.64. The van der Waals surface area contributed by atoms with E-state index in [1.165, 1.54) is 10.6 Å². The number of benzene rings is 2. The van der Waals surface area contributed by atoms with Gasteiger partial charge in [0, 0.05) is 5.02 Å². The first-order valence-electron chi connectivity index (χ1n) is 6.41. The Bertz CT molecular complexity index is 1090. The number of hydrogen-bond donors (Lipinski definition) is 0. The lowest BCUT2D eigenvalue weighted by atomic mass is 10.1. The van der Waals surface area contributed by atoms with Crippen LogP contribution in [-0.2, 0) is 0 Å². The molecule has 0 radical (unpaired) electrons. The number of nitrogens with zero attached hydrogens (tertiary/aromatic N) is 3. The summed E-state index contributed by atoms with van der Waals surface area (Å²) in [5.74, 6) is -0.323. The molecule has 3 aromatic rings. The zero-order valence-electron chi connectivity index (χ0n) is 11.0. The average Bonchev–Trinajstić information content (AvgIpc) is 2.80. The standard InChI is InChI=1S/C16H6ClN3O2/c17-9-2-3-10-12(6-9)19-15-14(21)11-5-8(7-18)1-4-13(11)20(15)16(10)22/h1-6H. The first-order valence-corrected chi connectivity index (χ1v) is 6.79. The fraction of sp³-hybridized carbons (Fsp3) is 0. The van der Waals surface area contributed by atoms with Gasteiger partial charge in [0.15, 0.2) is 5.82 Å². The average molecular weight is 308 g/mol. The Kier molecular flexibility index (Phi) is 2.47. The maximum atomic E-state index is 12.7. The van der Waals surface area contributed by atoms with Crippen LogP contribution in [0, 0.1) is 11.3 Å². The smallest absolute Gasteiger partial charge is 0.266 e. The predicted octanol–water partition coefficient (Wildman–Crippen LogP) is 2.46. The lowest BCUT2D eigenvalue weighted by molar-refractivity contribution is 0.103. The normalized spacial score (nSPS) is 12.1. The van der Waals surface area contributed by atoms with Crippen molar-refractivity contribution in [3.8, 4) is 11.8 Å². The van der Waals surface area contributed by atoms with Crippen molar-refractivity contribution >= 4 is 28.3 Å². The molecule has 6 heteroatoms. The topological polar surface area (TPSA) is 75.8 Å². The van der Waals surface area contributed by atoms with Crippen LogP contribution in [0.25, 0.3) is 16.6 Å². The molecule has 0 atom stereocenters. The van der Waals surface area contributed by atoms with Crippen LogP contribution in [-0.4, -0.2) is 15.3 Å². The minimum absolute atomic E-state index is 0.0462. The van der Waals surface area contributed by atoms with Crippen molar-refractivity contribution in [2.24, 2.45) is 0 Å². The summed E-state index contributed by atoms with van der Waals surface area (Å²) < 4.78 is 1.29. The van der Waals surface area contributed by atoms with E-state index in [1.807, 2.05) is 6.07 Å². The maximum absolute atomic E-state index is 12.7. The summed E-state index contributed by atoms with van der Waals surface area (Å²) >= 11 is 5.92. The Hall–Kier alpha value is -2.97. The molecular formula is C16H6ClN3O2. The van der Waals surface area contributed by atoms with Crippen LogP contribution >= 0.6 is 11.6 Å². The molecule has 0 saturated carbocycles. The molecule has 2 heterocycles. The number of hydrogen-bond acceptors (Lipinski definition) is 4. The Balaban J connectivity index is 2.14. The number of halogens is 1. The second kappa shape index (κ2) is 4.26. The zero-order valence-corrected chi connectivity index (χ0v) is 11.8. The van der Waals surface area contributed by atoms with Crippen LogP contribution in [0.5, 0.6) is 0 Å². The largest absolute Gasteiger partial charge is 0.285 e. The van der Waals surface area contributed by atoms with Gasteiger partial charge in [0.25, 0.3) is 5.56 Å². The van der Waals surface area contributed by atoms with Gasteiger partial charge >= 0.3 is 0 Å². The Morgan fingerprint density at radius 3 is 2.73 bits per heavy atom. The van der Waals surface area contributed by atoms with Gasteiger partial charge in [-0.05, 0) is 36.4 Å². The van der Waals surface area contributed by atoms with Gasteiger partial charge in [0.1, 0.15) is 0 Å². The second-order valence-electron chi connectivity index (χ2n) is 4.91. The molecule has 0 fully saturated rings. The molecule has 0 bridgehead atoms. The van der Waals surface area contributed by atoms with Crippen molar-refractivity contribution in [1.29, 1.82) is 5.26 Å². The second-order valence-corrected chi connectivity index (χ2v) is 5.35. The highest BCUT2D eigenvalue weighted by Gasteiger charge is 2.30. The van der Waals surface area contributed by atoms with E-state index >= 15 is 0 Å². The molecule has 0 spiro atoms. The zero-order chi connectivity index (χ0) is 15.4. The molecule has 0 saturated heterocycles. The Labute approximate surface area is 129 Å². The first-order chi connectivity index (χ1) is 10.6. The Morgan fingerprint density at radius 1 is 1.14 bits per heavy atom. The van der Waals surface area contributed by atoms with Crippen LogP contribution in [0.4, 0.5) is 0 Å². The molecule has 5 nitrogen and oxygen atoms in total. The minimum Gasteiger partial charge on any atom is -0.285 e. The van der Waals surface area contributed by atoms with Crippen molar-refractivity contribution in [2.45, 2.75) is 0 Å². The summed E-state index contributed by atoms with van der Waals surface area (Å²) in [6, 6.07) is 11.4. The van der Waals surface area contributed by atoms with Gasteiger partial charge in [0.05, 0.1) is 33.8 Å². The van der Waals surface area contributed by atoms with Crippen molar-refractivity contribution in [2.75, 3.05) is 0 Å². The molecule has 0 unspecified atom stereocenters. The van der Waals surface area contributed by atoms with E-state index in [9.17, 15) is 9.59 Å². The molecular weight excluding hydrogens is 302 g/mol. The van der Waals surface area contributed by atoms with Crippen LogP contribution in [0.1, 0.15) is 21.7 Å². The number of aromatic nitrogens is 2. The van der Waals surface area contributed by atoms with Gasteiger partial charge < -0.3 is 0 Å². The van der Waals surface area contributed by atoms with Gasteiger partial charge in [-0.2, -0.15) is 5.26 Å². The van der Waals surface area contributed by atoms with Crippen LogP contribution in [0.15, 0.2) is 41.2 Å². The van der Waals surface area contributed by atoms with Crippen LogP contribution in [0.3, 0.4) is 0 Å². The van der Waals surface area contributed by atoms with E-state index in [0.29, 0.717) is 32.7 Å². The summed E-state index contributed by atoms with van der Waals surface area (Å²) in [5, 5.41) is 9.78. The van der Waals surface area contributed by atoms with E-state index in [2.05, 4.69) is 4.98 Å². The van der Waals surface area contributed by atoms with Gasteiger partial charge in [-0.3, -0.25) is 14.2 Å². The van der Waals surface area contributed by atoms with E-state index < -0.39 is 0 Å². The summed E-state index contributed by atoms with van der Waals surface area (Å²) in [5.41, 5.74) is 1.18. The van der Waals surface area contributed by atoms with Crippen LogP contribution < -0.4 is 5.56 Å². The van der Waals surface area contributed by atoms with Crippen molar-refractivity contribution < 1.29 is 4.79 Å². The minimum atomic E-state index is -0.369. The Morgan fingerprint density at radius 2 is 1.95 bits per heavy atom. The summed E-state index contributed by atoms with van der Waals surface area (Å²) in [6.45, 7) is 0. The third-order valence-corrected chi connectivity index (χ3v) is 3.88. The van der Waals surface area contributed by atoms with E-state index in [4.69, 9.17) is 16.9 Å². The molecule has 0 amide bonds. The molecule has 2 aromatic carbocycles. The first kappa shape index (κ1) is 12.7. The third-order valence-electron chi connectivity index (χ3n) is 3.65. The predicted molar refractivity (Wildman–Crippen MR) is 80.5 cm³/mol. The van der Waals surface area contributed by atoms with Crippen molar-refractivity contribution in [3.63, 3.8) is 0 Å². The fourth-order valence-corrected chi connectivity index (χ4v) is 2.80. The summed E-state index contributed by atoms with van der Waals surface area (Å²) in [6.07, 6.45) is 0. The number of fused-ring (bicyclic) bond motifs is 4. The molecule has 4 rings (SSSR count). The van der Waals surface area contributed by atoms with Gasteiger partial charge in [0.2, 0.25) is 5.78 Å². The highest BCUT2D eigenvalue weighted by Crippen LogP contribution is 2.27. The summed E-state index contributed by atoms with van der Waals surface area (Å²) in [4.78, 5) is 29.4. The molecule has 1 aliphatic heterocycles. The van der Waals surface area contributed by atoms with Gasteiger partial charge in [-0.15, -0.1) is 0 Å². The van der Waals surface area contributed by atoms with Crippen LogP contribution in [0.2, 0.25) is 5.02 Å². The van der Waals surface area contributed by atoms with Crippen molar-refractivity contribution in [1.82, 2.24) is 9.55 Å². The van der Waals surface area contributed by atoms with E-state index in [0.717, 1.165) is 0 Å². The molecule has 1 aromatic heterocycles. The molecule has 0 aliphatic carbocycles. The number of carbonyl (C=O) groups excluding carboxylic acids is 1. The third kappa shape index (κ3) is 1.56. The van der Waals surface area contributed by atoms with Crippen molar-refractivity contribution in [3.05, 3.63) is 68.7 Å². The van der Waals surface area contributed by atoms with Gasteiger partial charge in [-0.1, -0.05) is 11.6 Å². The quantitative estimate of drug-likeness (QED) is 0.500. The monoisotopic (exact) mass is 307 g/mol. The number of ketones is 1.